The predicted molar refractivity (Wildman–Crippen MR) is 83.6 cm³/mol. The highest BCUT2D eigenvalue weighted by Crippen LogP contribution is 2.17. The molecule has 0 aliphatic carbocycles. The number of amides is 2. The number of hydrogen-bond donors (Lipinski definition) is 2. The maximum atomic E-state index is 11.9. The van der Waals surface area contributed by atoms with Gasteiger partial charge in [0.2, 0.25) is 0 Å². The van der Waals surface area contributed by atoms with E-state index in [1.165, 1.54) is 24.3 Å². The molecule has 0 spiro atoms. The lowest BCUT2D eigenvalue weighted by molar-refractivity contribution is 0.247. The zero-order valence-electron chi connectivity index (χ0n) is 12.6. The van der Waals surface area contributed by atoms with E-state index in [-0.39, 0.29) is 10.9 Å². The molecule has 7 heteroatoms. The average molecular weight is 322 g/mol. The van der Waals surface area contributed by atoms with Crippen LogP contribution in [0.15, 0.2) is 45.7 Å². The highest BCUT2D eigenvalue weighted by molar-refractivity contribution is 7.90. The van der Waals surface area contributed by atoms with E-state index in [0.717, 1.165) is 12.0 Å². The molecule has 1 aromatic heterocycles. The molecular formula is C15H18N2O4S. The van der Waals surface area contributed by atoms with Crippen molar-refractivity contribution in [3.8, 4) is 0 Å². The molecule has 1 aromatic carbocycles. The Labute approximate surface area is 129 Å². The standard InChI is InChI=1S/C15H18N2O4S/c1-10-4-9-14(21-10)11(2)16-15(18)17-12-5-7-13(8-6-12)22(3,19)20/h4-9,11H,1-3H3,(H2,16,17,18)/t11-/m1/s1. The first kappa shape index (κ1) is 16.1. The fourth-order valence-corrected chi connectivity index (χ4v) is 2.54. The number of hydrogen-bond acceptors (Lipinski definition) is 4. The van der Waals surface area contributed by atoms with Crippen LogP contribution in [0, 0.1) is 6.92 Å². The maximum Gasteiger partial charge on any atom is 0.319 e. The molecule has 0 fully saturated rings. The molecule has 6 nitrogen and oxygen atoms in total. The van der Waals surface area contributed by atoms with Crippen LogP contribution in [-0.2, 0) is 9.84 Å². The Balaban J connectivity index is 1.97. The van der Waals surface area contributed by atoms with E-state index in [2.05, 4.69) is 10.6 Å². The van der Waals surface area contributed by atoms with Crippen LogP contribution in [-0.4, -0.2) is 20.7 Å². The molecule has 2 N–H and O–H groups in total. The molecular weight excluding hydrogens is 304 g/mol. The first-order chi connectivity index (χ1) is 10.3. The number of sulfone groups is 1. The molecule has 0 radical (unpaired) electrons. The van der Waals surface area contributed by atoms with Gasteiger partial charge >= 0.3 is 6.03 Å². The summed E-state index contributed by atoms with van der Waals surface area (Å²) >= 11 is 0. The number of carbonyl (C=O) groups is 1. The summed E-state index contributed by atoms with van der Waals surface area (Å²) in [5.41, 5.74) is 0.507. The van der Waals surface area contributed by atoms with E-state index < -0.39 is 15.9 Å². The summed E-state index contributed by atoms with van der Waals surface area (Å²) < 4.78 is 28.2. The number of benzene rings is 1. The molecule has 0 bridgehead atoms. The van der Waals surface area contributed by atoms with E-state index in [1.54, 1.807) is 6.07 Å². The van der Waals surface area contributed by atoms with Crippen LogP contribution in [0.4, 0.5) is 10.5 Å². The summed E-state index contributed by atoms with van der Waals surface area (Å²) in [5.74, 6) is 1.44. The molecule has 22 heavy (non-hydrogen) atoms. The Morgan fingerprint density at radius 1 is 1.14 bits per heavy atom. The molecule has 0 aliphatic rings. The Bertz CT molecular complexity index is 763. The summed E-state index contributed by atoms with van der Waals surface area (Å²) in [7, 11) is -3.24. The van der Waals surface area contributed by atoms with Gasteiger partial charge in [-0.3, -0.25) is 0 Å². The second-order valence-corrected chi connectivity index (χ2v) is 7.08. The number of nitrogens with one attached hydrogen (secondary N) is 2. The monoisotopic (exact) mass is 322 g/mol. The van der Waals surface area contributed by atoms with Crippen LogP contribution in [0.3, 0.4) is 0 Å². The number of anilines is 1. The van der Waals surface area contributed by atoms with Crippen LogP contribution in [0.1, 0.15) is 24.5 Å². The third kappa shape index (κ3) is 4.11. The van der Waals surface area contributed by atoms with E-state index in [0.29, 0.717) is 11.4 Å². The van der Waals surface area contributed by atoms with Crippen LogP contribution >= 0.6 is 0 Å². The lowest BCUT2D eigenvalue weighted by Crippen LogP contribution is -2.30. The van der Waals surface area contributed by atoms with Crippen LogP contribution in [0.2, 0.25) is 0 Å². The highest BCUT2D eigenvalue weighted by atomic mass is 32.2. The maximum absolute atomic E-state index is 11.9. The molecule has 1 atom stereocenters. The van der Waals surface area contributed by atoms with Gasteiger partial charge in [-0.2, -0.15) is 0 Å². The SMILES string of the molecule is Cc1ccc([C@@H](C)NC(=O)Nc2ccc(S(C)(=O)=O)cc2)o1. The van der Waals surface area contributed by atoms with E-state index in [4.69, 9.17) is 4.42 Å². The van der Waals surface area contributed by atoms with Gasteiger partial charge in [-0.05, 0) is 50.2 Å². The Morgan fingerprint density at radius 3 is 2.27 bits per heavy atom. The van der Waals surface area contributed by atoms with Gasteiger partial charge in [0.1, 0.15) is 11.5 Å². The highest BCUT2D eigenvalue weighted by Gasteiger charge is 2.13. The number of furan rings is 1. The quantitative estimate of drug-likeness (QED) is 0.906. The number of carbonyl (C=O) groups excluding carboxylic acids is 1. The number of aryl methyl sites for hydroxylation is 1. The van der Waals surface area contributed by atoms with Gasteiger partial charge in [0.15, 0.2) is 9.84 Å². The average Bonchev–Trinajstić information content (AvgIpc) is 2.85. The van der Waals surface area contributed by atoms with Gasteiger partial charge in [-0.25, -0.2) is 13.2 Å². The van der Waals surface area contributed by atoms with Crippen molar-refractivity contribution < 1.29 is 17.6 Å². The first-order valence-electron chi connectivity index (χ1n) is 6.69. The van der Waals surface area contributed by atoms with Crippen molar-refractivity contribution in [3.63, 3.8) is 0 Å². The third-order valence-corrected chi connectivity index (χ3v) is 4.20. The largest absolute Gasteiger partial charge is 0.464 e. The molecule has 0 saturated heterocycles. The molecule has 1 heterocycles. The van der Waals surface area contributed by atoms with Crippen molar-refractivity contribution in [2.45, 2.75) is 24.8 Å². The summed E-state index contributed by atoms with van der Waals surface area (Å²) in [6, 6.07) is 8.94. The number of rotatable bonds is 4. The van der Waals surface area contributed by atoms with Gasteiger partial charge in [0, 0.05) is 11.9 Å². The molecule has 2 aromatic rings. The Kier molecular flexibility index (Phi) is 4.56. The van der Waals surface area contributed by atoms with Gasteiger partial charge < -0.3 is 15.1 Å². The fraction of sp³-hybridized carbons (Fsp3) is 0.267. The Morgan fingerprint density at radius 2 is 1.77 bits per heavy atom. The van der Waals surface area contributed by atoms with Crippen molar-refractivity contribution in [1.29, 1.82) is 0 Å². The topological polar surface area (TPSA) is 88.4 Å². The minimum atomic E-state index is -3.24. The van der Waals surface area contributed by atoms with E-state index in [9.17, 15) is 13.2 Å². The van der Waals surface area contributed by atoms with Gasteiger partial charge in [-0.15, -0.1) is 0 Å². The van der Waals surface area contributed by atoms with Gasteiger partial charge in [-0.1, -0.05) is 0 Å². The second-order valence-electron chi connectivity index (χ2n) is 5.07. The van der Waals surface area contributed by atoms with E-state index in [1.807, 2.05) is 19.9 Å². The van der Waals surface area contributed by atoms with Crippen molar-refractivity contribution in [2.75, 3.05) is 11.6 Å². The van der Waals surface area contributed by atoms with Crippen LogP contribution in [0.25, 0.3) is 0 Å². The van der Waals surface area contributed by atoms with Crippen LogP contribution < -0.4 is 10.6 Å². The molecule has 118 valence electrons. The predicted octanol–water partition coefficient (Wildman–Crippen LogP) is 2.87. The van der Waals surface area contributed by atoms with Crippen molar-refractivity contribution in [1.82, 2.24) is 5.32 Å². The lowest BCUT2D eigenvalue weighted by atomic mass is 10.2. The van der Waals surface area contributed by atoms with E-state index >= 15 is 0 Å². The molecule has 0 aliphatic heterocycles. The third-order valence-electron chi connectivity index (χ3n) is 3.08. The molecule has 2 rings (SSSR count). The van der Waals surface area contributed by atoms with Crippen molar-refractivity contribution in [2.24, 2.45) is 0 Å². The Hall–Kier alpha value is -2.28. The molecule has 0 saturated carbocycles. The zero-order chi connectivity index (χ0) is 16.3. The zero-order valence-corrected chi connectivity index (χ0v) is 13.4. The minimum absolute atomic E-state index is 0.206. The summed E-state index contributed by atoms with van der Waals surface area (Å²) in [6.07, 6.45) is 1.13. The first-order valence-corrected chi connectivity index (χ1v) is 8.59. The minimum Gasteiger partial charge on any atom is -0.464 e. The summed E-state index contributed by atoms with van der Waals surface area (Å²) in [4.78, 5) is 12.1. The van der Waals surface area contributed by atoms with Crippen LogP contribution in [0.5, 0.6) is 0 Å². The summed E-state index contributed by atoms with van der Waals surface area (Å²) in [6.45, 7) is 3.64. The normalized spacial score (nSPS) is 12.7. The molecule has 2 amide bonds. The smallest absolute Gasteiger partial charge is 0.319 e. The molecule has 0 unspecified atom stereocenters. The summed E-state index contributed by atoms with van der Waals surface area (Å²) in [5, 5.41) is 5.38. The van der Waals surface area contributed by atoms with Crippen molar-refractivity contribution in [3.05, 3.63) is 47.9 Å². The lowest BCUT2D eigenvalue weighted by Gasteiger charge is -2.12. The fourth-order valence-electron chi connectivity index (χ4n) is 1.91. The van der Waals surface area contributed by atoms with Gasteiger partial charge in [0.05, 0.1) is 10.9 Å². The number of urea groups is 1. The second kappa shape index (κ2) is 6.23. The van der Waals surface area contributed by atoms with Gasteiger partial charge in [0.25, 0.3) is 0 Å². The van der Waals surface area contributed by atoms with Crippen molar-refractivity contribution >= 4 is 21.6 Å².